The molecule has 88 valence electrons. The second-order valence-electron chi connectivity index (χ2n) is 3.41. The number of hydrogen-bond acceptors (Lipinski definition) is 3. The van der Waals surface area contributed by atoms with E-state index in [-0.39, 0.29) is 0 Å². The second-order valence-corrected chi connectivity index (χ2v) is 5.68. The summed E-state index contributed by atoms with van der Waals surface area (Å²) < 4.78 is 22.4. The summed E-state index contributed by atoms with van der Waals surface area (Å²) in [7, 11) is -3.10. The van der Waals surface area contributed by atoms with Crippen LogP contribution < -0.4 is 5.32 Å². The fourth-order valence-corrected chi connectivity index (χ4v) is 1.92. The summed E-state index contributed by atoms with van der Waals surface area (Å²) in [6, 6.07) is 6.83. The van der Waals surface area contributed by atoms with Crippen molar-refractivity contribution in [2.75, 3.05) is 12.8 Å². The highest BCUT2D eigenvalue weighted by atomic mass is 35.5. The monoisotopic (exact) mass is 259 g/mol. The molecule has 1 aromatic rings. The first kappa shape index (κ1) is 13.2. The van der Waals surface area contributed by atoms with Gasteiger partial charge in [0.15, 0.2) is 9.84 Å². The zero-order valence-corrected chi connectivity index (χ0v) is 10.6. The van der Waals surface area contributed by atoms with Crippen LogP contribution in [0, 0.1) is 0 Å². The first-order chi connectivity index (χ1) is 7.54. The maximum absolute atomic E-state index is 11.2. The van der Waals surface area contributed by atoms with Gasteiger partial charge in [-0.1, -0.05) is 29.8 Å². The summed E-state index contributed by atoms with van der Waals surface area (Å²) in [5, 5.41) is 3.14. The summed E-state index contributed by atoms with van der Waals surface area (Å²) >= 11 is 5.37. The van der Waals surface area contributed by atoms with Crippen LogP contribution in [0.15, 0.2) is 40.8 Å². The molecule has 16 heavy (non-hydrogen) atoms. The Kier molecular flexibility index (Phi) is 4.99. The predicted octanol–water partition coefficient (Wildman–Crippen LogP) is 1.93. The van der Waals surface area contributed by atoms with Gasteiger partial charge in [-0.25, -0.2) is 8.42 Å². The summed E-state index contributed by atoms with van der Waals surface area (Å²) in [6.07, 6.45) is 3.00. The van der Waals surface area contributed by atoms with Crippen molar-refractivity contribution in [1.82, 2.24) is 5.32 Å². The molecule has 0 aliphatic carbocycles. The lowest BCUT2D eigenvalue weighted by molar-refractivity contribution is 0.602. The molecule has 1 rings (SSSR count). The fraction of sp³-hybridized carbons (Fsp3) is 0.273. The molecule has 0 aromatic heterocycles. The standard InChI is InChI=1S/C11H14ClNO2S/c1-16(14,15)11-5-3-10(4-6-11)9-13-8-2-7-12/h2-7,13H,8-9H2,1H3/b7-2+. The van der Waals surface area contributed by atoms with Crippen molar-refractivity contribution in [3.05, 3.63) is 41.4 Å². The number of nitrogens with one attached hydrogen (secondary N) is 1. The molecule has 0 atom stereocenters. The highest BCUT2D eigenvalue weighted by Gasteiger charge is 2.05. The Bertz CT molecular complexity index is 451. The van der Waals surface area contributed by atoms with Gasteiger partial charge in [0.05, 0.1) is 4.90 Å². The number of sulfone groups is 1. The normalized spacial score (nSPS) is 12.1. The molecular weight excluding hydrogens is 246 g/mol. The van der Waals surface area contributed by atoms with Crippen molar-refractivity contribution in [2.45, 2.75) is 11.4 Å². The first-order valence-electron chi connectivity index (χ1n) is 4.79. The molecule has 0 aliphatic rings. The average molecular weight is 260 g/mol. The molecule has 3 nitrogen and oxygen atoms in total. The predicted molar refractivity (Wildman–Crippen MR) is 66.3 cm³/mol. The van der Waals surface area contributed by atoms with E-state index < -0.39 is 9.84 Å². The van der Waals surface area contributed by atoms with E-state index in [1.165, 1.54) is 11.8 Å². The molecule has 1 N–H and O–H groups in total. The Morgan fingerprint density at radius 3 is 2.44 bits per heavy atom. The van der Waals surface area contributed by atoms with Crippen LogP contribution in [0.4, 0.5) is 0 Å². The maximum Gasteiger partial charge on any atom is 0.175 e. The van der Waals surface area contributed by atoms with Gasteiger partial charge in [0.2, 0.25) is 0 Å². The van der Waals surface area contributed by atoms with Gasteiger partial charge in [-0.15, -0.1) is 0 Å². The molecule has 1 aromatic carbocycles. The van der Waals surface area contributed by atoms with Crippen LogP contribution in [-0.2, 0) is 16.4 Å². The summed E-state index contributed by atoms with van der Waals surface area (Å²) in [5.41, 5.74) is 2.50. The van der Waals surface area contributed by atoms with Crippen LogP contribution in [0.2, 0.25) is 0 Å². The third kappa shape index (κ3) is 4.35. The van der Waals surface area contributed by atoms with Gasteiger partial charge in [-0.05, 0) is 17.7 Å². The third-order valence-corrected chi connectivity index (χ3v) is 3.34. The Morgan fingerprint density at radius 1 is 1.31 bits per heavy atom. The lowest BCUT2D eigenvalue weighted by Crippen LogP contribution is -2.12. The van der Waals surface area contributed by atoms with Gasteiger partial charge in [0.1, 0.15) is 0 Å². The SMILES string of the molecule is CS(=O)(=O)c1ccc(CNC/C=C/Cl)cc1. The number of halogens is 1. The Labute approximate surface area is 101 Å². The summed E-state index contributed by atoms with van der Waals surface area (Å²) in [6.45, 7) is 1.38. The lowest BCUT2D eigenvalue weighted by Gasteiger charge is -2.03. The smallest absolute Gasteiger partial charge is 0.175 e. The second kappa shape index (κ2) is 6.03. The van der Waals surface area contributed by atoms with E-state index in [2.05, 4.69) is 5.32 Å². The number of benzene rings is 1. The number of hydrogen-bond donors (Lipinski definition) is 1. The quantitative estimate of drug-likeness (QED) is 0.822. The highest BCUT2D eigenvalue weighted by molar-refractivity contribution is 7.90. The minimum atomic E-state index is -3.10. The van der Waals surface area contributed by atoms with Crippen molar-refractivity contribution in [1.29, 1.82) is 0 Å². The van der Waals surface area contributed by atoms with E-state index in [0.29, 0.717) is 18.0 Å². The molecular formula is C11H14ClNO2S. The topological polar surface area (TPSA) is 46.2 Å². The Morgan fingerprint density at radius 2 is 1.94 bits per heavy atom. The van der Waals surface area contributed by atoms with Gasteiger partial charge < -0.3 is 5.32 Å². The van der Waals surface area contributed by atoms with Crippen LogP contribution in [0.1, 0.15) is 5.56 Å². The van der Waals surface area contributed by atoms with E-state index in [1.807, 2.05) is 0 Å². The molecule has 0 unspecified atom stereocenters. The van der Waals surface area contributed by atoms with Crippen molar-refractivity contribution >= 4 is 21.4 Å². The molecule has 0 fully saturated rings. The lowest BCUT2D eigenvalue weighted by atomic mass is 10.2. The zero-order chi connectivity index (χ0) is 12.0. The first-order valence-corrected chi connectivity index (χ1v) is 7.12. The van der Waals surface area contributed by atoms with E-state index in [4.69, 9.17) is 11.6 Å². The van der Waals surface area contributed by atoms with Crippen molar-refractivity contribution in [3.63, 3.8) is 0 Å². The molecule has 0 heterocycles. The van der Waals surface area contributed by atoms with Gasteiger partial charge in [0.25, 0.3) is 0 Å². The van der Waals surface area contributed by atoms with Gasteiger partial charge in [0, 0.05) is 24.9 Å². The molecule has 0 spiro atoms. The van der Waals surface area contributed by atoms with E-state index in [0.717, 1.165) is 5.56 Å². The molecule has 0 saturated heterocycles. The summed E-state index contributed by atoms with van der Waals surface area (Å²) in [5.74, 6) is 0. The Hall–Kier alpha value is -0.840. The molecule has 5 heteroatoms. The fourth-order valence-electron chi connectivity index (χ4n) is 1.20. The van der Waals surface area contributed by atoms with E-state index >= 15 is 0 Å². The molecule has 0 saturated carbocycles. The third-order valence-electron chi connectivity index (χ3n) is 2.03. The molecule has 0 radical (unpaired) electrons. The van der Waals surface area contributed by atoms with Gasteiger partial charge >= 0.3 is 0 Å². The number of rotatable bonds is 5. The largest absolute Gasteiger partial charge is 0.309 e. The summed E-state index contributed by atoms with van der Waals surface area (Å²) in [4.78, 5) is 0.344. The van der Waals surface area contributed by atoms with Crippen molar-refractivity contribution < 1.29 is 8.42 Å². The highest BCUT2D eigenvalue weighted by Crippen LogP contribution is 2.09. The van der Waals surface area contributed by atoms with Crippen LogP contribution in [0.5, 0.6) is 0 Å². The minimum absolute atomic E-state index is 0.344. The Balaban J connectivity index is 2.59. The molecule has 0 aliphatic heterocycles. The van der Waals surface area contributed by atoms with Crippen LogP contribution in [-0.4, -0.2) is 21.2 Å². The van der Waals surface area contributed by atoms with Crippen LogP contribution in [0.25, 0.3) is 0 Å². The van der Waals surface area contributed by atoms with Crippen LogP contribution in [0.3, 0.4) is 0 Å². The maximum atomic E-state index is 11.2. The van der Waals surface area contributed by atoms with Gasteiger partial charge in [-0.3, -0.25) is 0 Å². The van der Waals surface area contributed by atoms with Crippen molar-refractivity contribution in [2.24, 2.45) is 0 Å². The zero-order valence-electron chi connectivity index (χ0n) is 8.98. The van der Waals surface area contributed by atoms with Gasteiger partial charge in [-0.2, -0.15) is 0 Å². The minimum Gasteiger partial charge on any atom is -0.309 e. The van der Waals surface area contributed by atoms with Crippen LogP contribution >= 0.6 is 11.6 Å². The van der Waals surface area contributed by atoms with E-state index in [9.17, 15) is 8.42 Å². The van der Waals surface area contributed by atoms with E-state index in [1.54, 1.807) is 30.3 Å². The van der Waals surface area contributed by atoms with Crippen molar-refractivity contribution in [3.8, 4) is 0 Å². The molecule has 0 bridgehead atoms. The molecule has 0 amide bonds. The average Bonchev–Trinajstić information content (AvgIpc) is 2.24.